The zero-order valence-corrected chi connectivity index (χ0v) is 9.34. The largest absolute Gasteiger partial charge is 0.452 e. The number of hydrogen-bond donors (Lipinski definition) is 1. The average molecular weight is 225 g/mol. The minimum atomic E-state index is 0.243. The van der Waals surface area contributed by atoms with Gasteiger partial charge in [0.2, 0.25) is 0 Å². The monoisotopic (exact) mass is 225 g/mol. The second kappa shape index (κ2) is 4.54. The third-order valence-corrected chi connectivity index (χ3v) is 2.26. The van der Waals surface area contributed by atoms with E-state index in [1.165, 1.54) is 0 Å². The van der Waals surface area contributed by atoms with Crippen molar-refractivity contribution in [2.24, 2.45) is 0 Å². The molecule has 1 aromatic heterocycles. The Morgan fingerprint density at radius 3 is 2.82 bits per heavy atom. The van der Waals surface area contributed by atoms with Crippen LogP contribution >= 0.6 is 0 Å². The summed E-state index contributed by atoms with van der Waals surface area (Å²) in [6, 6.07) is 10.9. The Bertz CT molecular complexity index is 587. The molecule has 0 aliphatic carbocycles. The summed E-state index contributed by atoms with van der Waals surface area (Å²) in [5.74, 6) is 0.936. The van der Waals surface area contributed by atoms with Gasteiger partial charge in [0, 0.05) is 6.20 Å². The Hall–Kier alpha value is -2.54. The predicted octanol–water partition coefficient (Wildman–Crippen LogP) is 2.64. The Morgan fingerprint density at radius 1 is 1.29 bits per heavy atom. The van der Waals surface area contributed by atoms with Crippen LogP contribution in [-0.2, 0) is 0 Å². The zero-order valence-electron chi connectivity index (χ0n) is 9.34. The molecule has 0 saturated heterocycles. The fraction of sp³-hybridized carbons (Fsp3) is 0.0769. The van der Waals surface area contributed by atoms with E-state index in [0.29, 0.717) is 17.2 Å². The number of pyridine rings is 1. The number of nitrogens with zero attached hydrogens (tertiary/aromatic N) is 2. The highest BCUT2D eigenvalue weighted by molar-refractivity contribution is 5.56. The maximum Gasteiger partial charge on any atom is 0.183 e. The normalized spacial score (nSPS) is 9.65. The van der Waals surface area contributed by atoms with E-state index in [2.05, 4.69) is 4.98 Å². The summed E-state index contributed by atoms with van der Waals surface area (Å²) in [7, 11) is 0. The first-order chi connectivity index (χ1) is 8.20. The van der Waals surface area contributed by atoms with Crippen molar-refractivity contribution >= 4 is 5.69 Å². The number of aromatic nitrogens is 1. The zero-order chi connectivity index (χ0) is 12.3. The topological polar surface area (TPSA) is 71.9 Å². The Morgan fingerprint density at radius 2 is 2.12 bits per heavy atom. The molecule has 4 nitrogen and oxygen atoms in total. The van der Waals surface area contributed by atoms with E-state index in [-0.39, 0.29) is 5.69 Å². The number of nitriles is 1. The van der Waals surface area contributed by atoms with Crippen molar-refractivity contribution in [1.29, 1.82) is 5.26 Å². The summed E-state index contributed by atoms with van der Waals surface area (Å²) in [4.78, 5) is 3.91. The molecule has 1 aromatic carbocycles. The lowest BCUT2D eigenvalue weighted by atomic mass is 10.2. The first kappa shape index (κ1) is 11.0. The number of hydrogen-bond acceptors (Lipinski definition) is 4. The van der Waals surface area contributed by atoms with Crippen LogP contribution in [0.5, 0.6) is 11.5 Å². The molecule has 0 saturated carbocycles. The molecule has 0 aliphatic rings. The Balaban J connectivity index is 2.35. The van der Waals surface area contributed by atoms with Gasteiger partial charge in [0.1, 0.15) is 11.8 Å². The van der Waals surface area contributed by atoms with Gasteiger partial charge in [-0.2, -0.15) is 5.26 Å². The second-order valence-electron chi connectivity index (χ2n) is 3.61. The van der Waals surface area contributed by atoms with Crippen molar-refractivity contribution < 1.29 is 4.74 Å². The van der Waals surface area contributed by atoms with Crippen molar-refractivity contribution in [2.45, 2.75) is 6.92 Å². The number of aryl methyl sites for hydroxylation is 1. The molecule has 0 amide bonds. The standard InChI is InChI=1S/C13H11N3O/c1-9-4-5-12(10(15)7-9)17-13-3-2-6-16-11(13)8-14/h2-7H,15H2,1H3. The molecule has 0 aliphatic heterocycles. The van der Waals surface area contributed by atoms with Gasteiger partial charge in [0.25, 0.3) is 0 Å². The highest BCUT2D eigenvalue weighted by Crippen LogP contribution is 2.29. The molecule has 17 heavy (non-hydrogen) atoms. The van der Waals surface area contributed by atoms with Gasteiger partial charge < -0.3 is 10.5 Å². The molecule has 0 atom stereocenters. The van der Waals surface area contributed by atoms with Crippen LogP contribution < -0.4 is 10.5 Å². The van der Waals surface area contributed by atoms with Crippen molar-refractivity contribution in [3.63, 3.8) is 0 Å². The second-order valence-corrected chi connectivity index (χ2v) is 3.61. The SMILES string of the molecule is Cc1ccc(Oc2cccnc2C#N)c(N)c1. The molecule has 0 spiro atoms. The van der Waals surface area contributed by atoms with Gasteiger partial charge in [-0.1, -0.05) is 6.07 Å². The third-order valence-electron chi connectivity index (χ3n) is 2.26. The van der Waals surface area contributed by atoms with Gasteiger partial charge in [-0.15, -0.1) is 0 Å². The fourth-order valence-electron chi connectivity index (χ4n) is 1.44. The van der Waals surface area contributed by atoms with Crippen LogP contribution in [0.1, 0.15) is 11.3 Å². The number of ether oxygens (including phenoxy) is 1. The molecule has 0 bridgehead atoms. The molecule has 2 N–H and O–H groups in total. The van der Waals surface area contributed by atoms with E-state index in [1.807, 2.05) is 25.1 Å². The molecule has 0 radical (unpaired) electrons. The maximum absolute atomic E-state index is 8.89. The first-order valence-electron chi connectivity index (χ1n) is 5.10. The average Bonchev–Trinajstić information content (AvgIpc) is 2.33. The van der Waals surface area contributed by atoms with E-state index in [1.54, 1.807) is 24.4 Å². The molecule has 2 rings (SSSR count). The number of nitrogen functional groups attached to an aromatic ring is 1. The van der Waals surface area contributed by atoms with Crippen molar-refractivity contribution in [3.05, 3.63) is 47.8 Å². The van der Waals surface area contributed by atoms with Crippen LogP contribution in [0.3, 0.4) is 0 Å². The van der Waals surface area contributed by atoms with Crippen LogP contribution in [0.15, 0.2) is 36.5 Å². The van der Waals surface area contributed by atoms with E-state index >= 15 is 0 Å². The van der Waals surface area contributed by atoms with Crippen LogP contribution in [0.25, 0.3) is 0 Å². The van der Waals surface area contributed by atoms with Gasteiger partial charge >= 0.3 is 0 Å². The maximum atomic E-state index is 8.89. The molecule has 0 fully saturated rings. The molecule has 0 unspecified atom stereocenters. The van der Waals surface area contributed by atoms with Crippen molar-refractivity contribution in [3.8, 4) is 17.6 Å². The smallest absolute Gasteiger partial charge is 0.183 e. The van der Waals surface area contributed by atoms with E-state index in [4.69, 9.17) is 15.7 Å². The summed E-state index contributed by atoms with van der Waals surface area (Å²) in [5, 5.41) is 8.89. The highest BCUT2D eigenvalue weighted by atomic mass is 16.5. The Kier molecular flexibility index (Phi) is 2.93. The summed E-state index contributed by atoms with van der Waals surface area (Å²) < 4.78 is 5.58. The van der Waals surface area contributed by atoms with E-state index in [9.17, 15) is 0 Å². The molecule has 84 valence electrons. The van der Waals surface area contributed by atoms with E-state index in [0.717, 1.165) is 5.56 Å². The molecule has 2 aromatic rings. The lowest BCUT2D eigenvalue weighted by Gasteiger charge is -2.09. The lowest BCUT2D eigenvalue weighted by molar-refractivity contribution is 0.480. The van der Waals surface area contributed by atoms with E-state index < -0.39 is 0 Å². The molecular formula is C13H11N3O. The van der Waals surface area contributed by atoms with Gasteiger partial charge in [0.15, 0.2) is 11.4 Å². The van der Waals surface area contributed by atoms with Gasteiger partial charge in [-0.25, -0.2) is 4.98 Å². The summed E-state index contributed by atoms with van der Waals surface area (Å²) in [5.41, 5.74) is 7.67. The number of benzene rings is 1. The minimum Gasteiger partial charge on any atom is -0.452 e. The third kappa shape index (κ3) is 2.34. The number of anilines is 1. The fourth-order valence-corrected chi connectivity index (χ4v) is 1.44. The first-order valence-corrected chi connectivity index (χ1v) is 5.10. The van der Waals surface area contributed by atoms with Crippen molar-refractivity contribution in [2.75, 3.05) is 5.73 Å². The summed E-state index contributed by atoms with van der Waals surface area (Å²) >= 11 is 0. The quantitative estimate of drug-likeness (QED) is 0.797. The Labute approximate surface area is 99.3 Å². The summed E-state index contributed by atoms with van der Waals surface area (Å²) in [6.07, 6.45) is 1.55. The molecule has 1 heterocycles. The van der Waals surface area contributed by atoms with Crippen LogP contribution in [-0.4, -0.2) is 4.98 Å². The number of nitrogens with two attached hydrogens (primary N) is 1. The minimum absolute atomic E-state index is 0.243. The van der Waals surface area contributed by atoms with Gasteiger partial charge in [0.05, 0.1) is 5.69 Å². The highest BCUT2D eigenvalue weighted by Gasteiger charge is 2.07. The lowest BCUT2D eigenvalue weighted by Crippen LogP contribution is -1.95. The van der Waals surface area contributed by atoms with Gasteiger partial charge in [-0.05, 0) is 36.8 Å². The van der Waals surface area contributed by atoms with Crippen molar-refractivity contribution in [1.82, 2.24) is 4.98 Å². The molecular weight excluding hydrogens is 214 g/mol. The van der Waals surface area contributed by atoms with Crippen LogP contribution in [0.4, 0.5) is 5.69 Å². The number of rotatable bonds is 2. The van der Waals surface area contributed by atoms with Crippen LogP contribution in [0, 0.1) is 18.3 Å². The summed E-state index contributed by atoms with van der Waals surface area (Å²) in [6.45, 7) is 1.95. The predicted molar refractivity (Wildman–Crippen MR) is 64.6 cm³/mol. The molecule has 4 heteroatoms. The van der Waals surface area contributed by atoms with Gasteiger partial charge in [-0.3, -0.25) is 0 Å². The van der Waals surface area contributed by atoms with Crippen LogP contribution in [0.2, 0.25) is 0 Å².